The Bertz CT molecular complexity index is 1310. The van der Waals surface area contributed by atoms with Crippen LogP contribution in [0.1, 0.15) is 11.5 Å². The van der Waals surface area contributed by atoms with E-state index in [0.717, 1.165) is 34.8 Å². The van der Waals surface area contributed by atoms with Crippen LogP contribution in [0.25, 0.3) is 11.1 Å². The first-order valence-corrected chi connectivity index (χ1v) is 10.6. The monoisotopic (exact) mass is 467 g/mol. The molecule has 2 N–H and O–H groups in total. The van der Waals surface area contributed by atoms with E-state index < -0.39 is 11.6 Å². The van der Waals surface area contributed by atoms with Crippen molar-refractivity contribution in [2.75, 3.05) is 17.1 Å². The minimum atomic E-state index is -0.635. The largest absolute Gasteiger partial charge is 0.467 e. The molecule has 3 heterocycles. The molecule has 0 unspecified atom stereocenters. The van der Waals surface area contributed by atoms with Gasteiger partial charge in [0.15, 0.2) is 0 Å². The van der Waals surface area contributed by atoms with Gasteiger partial charge in [0, 0.05) is 24.0 Å². The zero-order chi connectivity index (χ0) is 23.4. The summed E-state index contributed by atoms with van der Waals surface area (Å²) in [6, 6.07) is 9.21. The van der Waals surface area contributed by atoms with Crippen LogP contribution in [0.2, 0.25) is 0 Å². The molecule has 0 aliphatic rings. The smallest absolute Gasteiger partial charge is 0.321 e. The number of benzene rings is 1. The lowest BCUT2D eigenvalue weighted by molar-refractivity contribution is 0.377. The molecular formula is C22H19F2N7OS. The van der Waals surface area contributed by atoms with Gasteiger partial charge in [-0.1, -0.05) is 0 Å². The van der Waals surface area contributed by atoms with Gasteiger partial charge < -0.3 is 14.8 Å². The molecular weight excluding hydrogens is 448 g/mol. The maximum absolute atomic E-state index is 13.9. The van der Waals surface area contributed by atoms with Crippen molar-refractivity contribution >= 4 is 29.4 Å². The summed E-state index contributed by atoms with van der Waals surface area (Å²) >= 11 is 1.05. The van der Waals surface area contributed by atoms with Gasteiger partial charge in [0.05, 0.1) is 23.4 Å². The Labute approximate surface area is 193 Å². The molecule has 0 saturated carbocycles. The minimum Gasteiger partial charge on any atom is -0.467 e. The van der Waals surface area contributed by atoms with Gasteiger partial charge in [-0.25, -0.2) is 13.8 Å². The second-order valence-electron chi connectivity index (χ2n) is 6.88. The molecule has 0 fully saturated rings. The highest BCUT2D eigenvalue weighted by molar-refractivity contribution is 8.00. The van der Waals surface area contributed by atoms with Crippen LogP contribution in [0.4, 0.5) is 26.2 Å². The van der Waals surface area contributed by atoms with Crippen molar-refractivity contribution in [2.24, 2.45) is 0 Å². The third kappa shape index (κ3) is 5.50. The van der Waals surface area contributed by atoms with Crippen molar-refractivity contribution < 1.29 is 13.5 Å². The Morgan fingerprint density at radius 1 is 0.939 bits per heavy atom. The van der Waals surface area contributed by atoms with E-state index in [1.165, 1.54) is 19.2 Å². The van der Waals surface area contributed by atoms with Crippen molar-refractivity contribution in [3.63, 3.8) is 0 Å². The first-order chi connectivity index (χ1) is 15.9. The highest BCUT2D eigenvalue weighted by Crippen LogP contribution is 2.30. The Morgan fingerprint density at radius 2 is 1.79 bits per heavy atom. The van der Waals surface area contributed by atoms with E-state index in [9.17, 15) is 8.78 Å². The fourth-order valence-electron chi connectivity index (χ4n) is 2.86. The summed E-state index contributed by atoms with van der Waals surface area (Å²) in [5.41, 5.74) is 3.09. The van der Waals surface area contributed by atoms with Gasteiger partial charge in [-0.2, -0.15) is 15.0 Å². The van der Waals surface area contributed by atoms with Crippen LogP contribution in [0.5, 0.6) is 6.01 Å². The normalized spacial score (nSPS) is 10.7. The number of rotatable bonds is 7. The topological polar surface area (TPSA) is 97.7 Å². The third-order valence-corrected chi connectivity index (χ3v) is 5.37. The summed E-state index contributed by atoms with van der Waals surface area (Å²) in [5.74, 6) is 0.0898. The van der Waals surface area contributed by atoms with Crippen molar-refractivity contribution in [3.8, 4) is 17.1 Å². The maximum Gasteiger partial charge on any atom is 0.321 e. The van der Waals surface area contributed by atoms with Crippen LogP contribution in [-0.2, 0) is 0 Å². The van der Waals surface area contributed by atoms with Crippen LogP contribution < -0.4 is 14.8 Å². The summed E-state index contributed by atoms with van der Waals surface area (Å²) in [6.07, 6.45) is 3.39. The Hall–Kier alpha value is -3.86. The number of ether oxygens (including phenoxy) is 1. The van der Waals surface area contributed by atoms with E-state index in [1.807, 2.05) is 25.1 Å². The summed E-state index contributed by atoms with van der Waals surface area (Å²) in [5, 5.41) is 3.05. The predicted molar refractivity (Wildman–Crippen MR) is 122 cm³/mol. The highest BCUT2D eigenvalue weighted by Gasteiger charge is 2.10. The van der Waals surface area contributed by atoms with E-state index in [-0.39, 0.29) is 10.9 Å². The zero-order valence-corrected chi connectivity index (χ0v) is 18.7. The molecule has 4 aromatic rings. The molecule has 3 aromatic heterocycles. The average Bonchev–Trinajstić information content (AvgIpc) is 2.79. The maximum atomic E-state index is 13.9. The van der Waals surface area contributed by atoms with Gasteiger partial charge in [0.1, 0.15) is 23.3 Å². The molecule has 0 aliphatic carbocycles. The van der Waals surface area contributed by atoms with Crippen LogP contribution in [-0.4, -0.2) is 32.0 Å². The summed E-state index contributed by atoms with van der Waals surface area (Å²) in [6.45, 7) is 3.57. The molecule has 0 amide bonds. The van der Waals surface area contributed by atoms with Crippen LogP contribution in [0.3, 0.4) is 0 Å². The van der Waals surface area contributed by atoms with Gasteiger partial charge in [0.2, 0.25) is 5.95 Å². The number of hydrogen-bond acceptors (Lipinski definition) is 9. The number of aromatic nitrogens is 5. The molecule has 0 saturated heterocycles. The van der Waals surface area contributed by atoms with E-state index >= 15 is 0 Å². The van der Waals surface area contributed by atoms with E-state index in [4.69, 9.17) is 4.74 Å². The van der Waals surface area contributed by atoms with Gasteiger partial charge in [-0.15, -0.1) is 0 Å². The Balaban J connectivity index is 1.55. The highest BCUT2D eigenvalue weighted by atomic mass is 32.2. The standard InChI is InChI=1S/C22H19F2N7OS/c1-12-18(31-33-19-5-4-16(23)10-17(19)24)8-15(11-26-12)14-6-7-25-20(9-14)29-21-27-13(2)28-22(30-21)32-3/h4-11,31H,1-3H3,(H,25,27,28,29,30). The van der Waals surface area contributed by atoms with Gasteiger partial charge in [-0.3, -0.25) is 4.98 Å². The lowest BCUT2D eigenvalue weighted by atomic mass is 10.1. The molecule has 168 valence electrons. The second-order valence-corrected chi connectivity index (χ2v) is 7.73. The summed E-state index contributed by atoms with van der Waals surface area (Å²) in [4.78, 5) is 21.5. The molecule has 0 spiro atoms. The molecule has 0 aliphatic heterocycles. The Kier molecular flexibility index (Phi) is 6.59. The quantitative estimate of drug-likeness (QED) is 0.360. The fraction of sp³-hybridized carbons (Fsp3) is 0.136. The second kappa shape index (κ2) is 9.74. The number of nitrogens with one attached hydrogen (secondary N) is 2. The van der Waals surface area contributed by atoms with E-state index in [1.54, 1.807) is 19.3 Å². The molecule has 4 rings (SSSR count). The van der Waals surface area contributed by atoms with Crippen molar-refractivity contribution in [2.45, 2.75) is 18.7 Å². The molecule has 0 radical (unpaired) electrons. The SMILES string of the molecule is COc1nc(C)nc(Nc2cc(-c3cnc(C)c(NSc4ccc(F)cc4F)c3)ccn2)n1. The number of aryl methyl sites for hydroxylation is 2. The number of halogens is 2. The zero-order valence-electron chi connectivity index (χ0n) is 17.9. The molecule has 0 atom stereocenters. The van der Waals surface area contributed by atoms with Crippen molar-refractivity contribution in [1.29, 1.82) is 0 Å². The summed E-state index contributed by atoms with van der Waals surface area (Å²) < 4.78 is 35.2. The molecule has 0 bridgehead atoms. The van der Waals surface area contributed by atoms with Crippen molar-refractivity contribution in [3.05, 3.63) is 71.9 Å². The number of pyridine rings is 2. The van der Waals surface area contributed by atoms with Crippen LogP contribution >= 0.6 is 11.9 Å². The number of anilines is 3. The van der Waals surface area contributed by atoms with Crippen LogP contribution in [0.15, 0.2) is 53.7 Å². The van der Waals surface area contributed by atoms with Gasteiger partial charge in [-0.05, 0) is 61.7 Å². The number of hydrogen-bond donors (Lipinski definition) is 2. The predicted octanol–water partition coefficient (Wildman–Crippen LogP) is 5.10. The Morgan fingerprint density at radius 3 is 2.58 bits per heavy atom. The lowest BCUT2D eigenvalue weighted by Gasteiger charge is -2.12. The molecule has 1 aromatic carbocycles. The lowest BCUT2D eigenvalue weighted by Crippen LogP contribution is -2.04. The fourth-order valence-corrected chi connectivity index (χ4v) is 3.58. The average molecular weight is 468 g/mol. The summed E-state index contributed by atoms with van der Waals surface area (Å²) in [7, 11) is 1.48. The number of nitrogens with zero attached hydrogens (tertiary/aromatic N) is 5. The minimum absolute atomic E-state index is 0.203. The molecule has 33 heavy (non-hydrogen) atoms. The van der Waals surface area contributed by atoms with Gasteiger partial charge >= 0.3 is 6.01 Å². The van der Waals surface area contributed by atoms with Crippen LogP contribution in [0, 0.1) is 25.5 Å². The van der Waals surface area contributed by atoms with Gasteiger partial charge in [0.25, 0.3) is 0 Å². The van der Waals surface area contributed by atoms with Crippen molar-refractivity contribution in [1.82, 2.24) is 24.9 Å². The van der Waals surface area contributed by atoms with E-state index in [2.05, 4.69) is 35.0 Å². The van der Waals surface area contributed by atoms with E-state index in [0.29, 0.717) is 23.3 Å². The first-order valence-electron chi connectivity index (χ1n) is 9.76. The number of methoxy groups -OCH3 is 1. The first kappa shape index (κ1) is 22.3. The molecule has 11 heteroatoms. The third-order valence-electron chi connectivity index (χ3n) is 4.49. The molecule has 8 nitrogen and oxygen atoms in total.